The Morgan fingerprint density at radius 2 is 1.74 bits per heavy atom. The fourth-order valence-corrected chi connectivity index (χ4v) is 7.71. The molecule has 2 aromatic heterocycles. The Labute approximate surface area is 248 Å². The average Bonchev–Trinajstić information content (AvgIpc) is 3.58. The lowest BCUT2D eigenvalue weighted by Crippen LogP contribution is -2.39. The Morgan fingerprint density at radius 1 is 1.00 bits per heavy atom. The second kappa shape index (κ2) is 11.1. The van der Waals surface area contributed by atoms with Crippen molar-refractivity contribution in [2.45, 2.75) is 30.1 Å². The maximum atomic E-state index is 13.7. The molecule has 5 aromatic rings. The van der Waals surface area contributed by atoms with Crippen molar-refractivity contribution in [2.75, 3.05) is 31.1 Å². The van der Waals surface area contributed by atoms with Crippen LogP contribution in [0.4, 0.5) is 10.1 Å². The average molecular weight is 628 g/mol. The third kappa shape index (κ3) is 5.66. The fourth-order valence-electron chi connectivity index (χ4n) is 5.66. The van der Waals surface area contributed by atoms with Crippen LogP contribution in [0.25, 0.3) is 33.3 Å². The topological polar surface area (TPSA) is 142 Å². The van der Waals surface area contributed by atoms with Crippen molar-refractivity contribution in [3.63, 3.8) is 0 Å². The summed E-state index contributed by atoms with van der Waals surface area (Å²) in [5.74, 6) is -0.542. The number of halogens is 1. The summed E-state index contributed by atoms with van der Waals surface area (Å²) >= 11 is 0. The van der Waals surface area contributed by atoms with E-state index in [9.17, 15) is 26.3 Å². The molecule has 226 valence electrons. The molecule has 0 spiro atoms. The van der Waals surface area contributed by atoms with Gasteiger partial charge in [-0.05, 0) is 67.8 Å². The molecule has 1 aliphatic rings. The molecule has 0 unspecified atom stereocenters. The van der Waals surface area contributed by atoms with Crippen LogP contribution in [0.1, 0.15) is 36.1 Å². The molecular formula is C30H30FN3O7S2. The zero-order chi connectivity index (χ0) is 30.5. The van der Waals surface area contributed by atoms with Gasteiger partial charge < -0.3 is 13.9 Å². The number of rotatable bonds is 8. The number of furan rings is 2. The van der Waals surface area contributed by atoms with E-state index in [0.29, 0.717) is 51.5 Å². The standard InChI is InChI=1S/C30H30FN3O7S2/c1-32-30(35)28-23-15-22(24(33-42(2,36)37)16-26(23)41-29(28)18-9-11-21(31)12-10-18)20-7-5-13-34(17-20)43(38,39)27-14-19-6-3-4-8-25(19)40-27/h3-4,6,8-12,14-16,20,30,32-33,35H,5,7,13,17H2,1-2H3/t20-,30+/m0/s1. The van der Waals surface area contributed by atoms with Crippen LogP contribution in [0.2, 0.25) is 0 Å². The summed E-state index contributed by atoms with van der Waals surface area (Å²) in [5.41, 5.74) is 2.46. The first-order valence-electron chi connectivity index (χ1n) is 13.6. The van der Waals surface area contributed by atoms with Gasteiger partial charge in [0.1, 0.15) is 29.0 Å². The molecule has 0 aliphatic carbocycles. The number of aliphatic hydroxyl groups is 1. The number of piperidine rings is 1. The molecule has 43 heavy (non-hydrogen) atoms. The molecule has 10 nitrogen and oxygen atoms in total. The van der Waals surface area contributed by atoms with Crippen molar-refractivity contribution >= 4 is 47.7 Å². The molecule has 0 amide bonds. The van der Waals surface area contributed by atoms with Gasteiger partial charge in [-0.2, -0.15) is 4.31 Å². The maximum Gasteiger partial charge on any atom is 0.276 e. The van der Waals surface area contributed by atoms with Crippen molar-refractivity contribution < 1.29 is 35.2 Å². The SMILES string of the molecule is CN[C@H](O)c1c(-c2ccc(F)cc2)oc2cc(NS(C)(=O)=O)c([C@H]3CCCN(S(=O)(=O)c4cc5ccccc5o4)C3)cc12. The number of benzene rings is 3. The molecular weight excluding hydrogens is 597 g/mol. The van der Waals surface area contributed by atoms with Gasteiger partial charge in [-0.1, -0.05) is 18.2 Å². The molecule has 1 fully saturated rings. The zero-order valence-electron chi connectivity index (χ0n) is 23.4. The first-order chi connectivity index (χ1) is 20.4. The molecule has 2 atom stereocenters. The predicted molar refractivity (Wildman–Crippen MR) is 161 cm³/mol. The molecule has 0 bridgehead atoms. The second-order valence-electron chi connectivity index (χ2n) is 10.7. The summed E-state index contributed by atoms with van der Waals surface area (Å²) in [6.07, 6.45) is 0.975. The fraction of sp³-hybridized carbons (Fsp3) is 0.267. The van der Waals surface area contributed by atoms with E-state index in [4.69, 9.17) is 8.83 Å². The maximum absolute atomic E-state index is 13.7. The number of nitrogens with one attached hydrogen (secondary N) is 2. The lowest BCUT2D eigenvalue weighted by atomic mass is 9.89. The van der Waals surface area contributed by atoms with Crippen LogP contribution < -0.4 is 10.0 Å². The van der Waals surface area contributed by atoms with Gasteiger partial charge in [0.15, 0.2) is 0 Å². The number of para-hydroxylation sites is 1. The summed E-state index contributed by atoms with van der Waals surface area (Å²) in [7, 11) is -6.15. The lowest BCUT2D eigenvalue weighted by molar-refractivity contribution is 0.150. The third-order valence-electron chi connectivity index (χ3n) is 7.67. The smallest absolute Gasteiger partial charge is 0.276 e. The predicted octanol–water partition coefficient (Wildman–Crippen LogP) is 5.14. The Hall–Kier alpha value is -3.75. The summed E-state index contributed by atoms with van der Waals surface area (Å²) < 4.78 is 81.5. The van der Waals surface area contributed by atoms with E-state index in [2.05, 4.69) is 10.0 Å². The van der Waals surface area contributed by atoms with Gasteiger partial charge in [0.05, 0.1) is 11.9 Å². The van der Waals surface area contributed by atoms with Crippen LogP contribution in [-0.4, -0.2) is 52.6 Å². The van der Waals surface area contributed by atoms with Crippen LogP contribution in [0, 0.1) is 5.82 Å². The van der Waals surface area contributed by atoms with Crippen LogP contribution in [-0.2, 0) is 20.0 Å². The summed E-state index contributed by atoms with van der Waals surface area (Å²) in [5, 5.41) is 14.8. The lowest BCUT2D eigenvalue weighted by Gasteiger charge is -2.32. The van der Waals surface area contributed by atoms with Gasteiger partial charge in [0.2, 0.25) is 15.1 Å². The number of hydrogen-bond donors (Lipinski definition) is 3. The Bertz CT molecular complexity index is 2000. The molecule has 3 aromatic carbocycles. The number of nitrogens with zero attached hydrogens (tertiary/aromatic N) is 1. The Kier molecular flexibility index (Phi) is 7.55. The van der Waals surface area contributed by atoms with Crippen molar-refractivity contribution in [1.82, 2.24) is 9.62 Å². The van der Waals surface area contributed by atoms with E-state index < -0.39 is 38.0 Å². The van der Waals surface area contributed by atoms with Gasteiger partial charge >= 0.3 is 0 Å². The Balaban J connectivity index is 1.46. The van der Waals surface area contributed by atoms with Crippen molar-refractivity contribution in [1.29, 1.82) is 0 Å². The van der Waals surface area contributed by atoms with E-state index >= 15 is 0 Å². The van der Waals surface area contributed by atoms with Crippen LogP contribution in [0.15, 0.2) is 80.7 Å². The number of anilines is 1. The monoisotopic (exact) mass is 627 g/mol. The van der Waals surface area contributed by atoms with E-state index in [1.807, 2.05) is 0 Å². The summed E-state index contributed by atoms with van der Waals surface area (Å²) in [6.45, 7) is 0.354. The normalized spacial score (nSPS) is 17.4. The van der Waals surface area contributed by atoms with E-state index in [1.165, 1.54) is 40.7 Å². The third-order valence-corrected chi connectivity index (χ3v) is 9.98. The molecule has 6 rings (SSSR count). The molecule has 3 N–H and O–H groups in total. The van der Waals surface area contributed by atoms with Gasteiger partial charge in [-0.3, -0.25) is 10.0 Å². The minimum atomic E-state index is -3.99. The second-order valence-corrected chi connectivity index (χ2v) is 14.3. The van der Waals surface area contributed by atoms with E-state index in [0.717, 1.165) is 6.26 Å². The molecule has 13 heteroatoms. The minimum absolute atomic E-state index is 0.0793. The Morgan fingerprint density at radius 3 is 2.44 bits per heavy atom. The van der Waals surface area contributed by atoms with E-state index in [-0.39, 0.29) is 29.6 Å². The molecule has 0 saturated carbocycles. The number of hydrogen-bond acceptors (Lipinski definition) is 8. The number of fused-ring (bicyclic) bond motifs is 2. The highest BCUT2D eigenvalue weighted by Gasteiger charge is 2.35. The summed E-state index contributed by atoms with van der Waals surface area (Å²) in [6, 6.07) is 17.4. The minimum Gasteiger partial charge on any atom is -0.456 e. The van der Waals surface area contributed by atoms with Gasteiger partial charge in [0.25, 0.3) is 10.0 Å². The highest BCUT2D eigenvalue weighted by molar-refractivity contribution is 7.92. The van der Waals surface area contributed by atoms with Gasteiger partial charge in [-0.25, -0.2) is 21.2 Å². The van der Waals surface area contributed by atoms with Crippen LogP contribution >= 0.6 is 0 Å². The quantitative estimate of drug-likeness (QED) is 0.201. The van der Waals surface area contributed by atoms with E-state index in [1.54, 1.807) is 37.4 Å². The molecule has 1 aliphatic heterocycles. The van der Waals surface area contributed by atoms with Crippen molar-refractivity contribution in [2.24, 2.45) is 0 Å². The molecule has 1 saturated heterocycles. The van der Waals surface area contributed by atoms with Crippen molar-refractivity contribution in [3.05, 3.63) is 83.7 Å². The number of aliphatic hydroxyl groups excluding tert-OH is 1. The van der Waals surface area contributed by atoms with Crippen LogP contribution in [0.3, 0.4) is 0 Å². The largest absolute Gasteiger partial charge is 0.456 e. The van der Waals surface area contributed by atoms with Crippen LogP contribution in [0.5, 0.6) is 0 Å². The molecule has 0 radical (unpaired) electrons. The summed E-state index contributed by atoms with van der Waals surface area (Å²) in [4.78, 5) is 0. The first-order valence-corrected chi connectivity index (χ1v) is 17.0. The zero-order valence-corrected chi connectivity index (χ0v) is 25.0. The first kappa shape index (κ1) is 29.3. The van der Waals surface area contributed by atoms with Gasteiger partial charge in [-0.15, -0.1) is 0 Å². The number of sulfonamides is 2. The highest BCUT2D eigenvalue weighted by atomic mass is 32.2. The highest BCUT2D eigenvalue weighted by Crippen LogP contribution is 2.43. The van der Waals surface area contributed by atoms with Crippen molar-refractivity contribution in [3.8, 4) is 11.3 Å². The van der Waals surface area contributed by atoms with Gasteiger partial charge in [0, 0.05) is 47.1 Å². The molecule has 3 heterocycles.